The molecular weight excluding hydrogens is 632 g/mol. The standard InChI is InChI=1S/C28H33BrN4O10/c1-5-40-20-11-17(25-24(27(37)39-4)15(3)31-28(38)32-25)7-8-19(20)42-13-22(34)33-30-12-16-9-18(29)26(43-14-23(35)36)21(10-16)41-6-2/h7-12,22,25,33-34H,5-6,13-14H2,1-4H3,(H,35,36)(H2,31,32,38)/b30-12-/t22-,25+/m0/s1. The van der Waals surface area contributed by atoms with Gasteiger partial charge in [0.25, 0.3) is 0 Å². The van der Waals surface area contributed by atoms with Crippen molar-refractivity contribution >= 4 is 40.1 Å². The topological polar surface area (TPSA) is 186 Å². The lowest BCUT2D eigenvalue weighted by Crippen LogP contribution is -2.45. The lowest BCUT2D eigenvalue weighted by molar-refractivity contribution is -0.139. The molecular formula is C28H33BrN4O10. The molecule has 0 fully saturated rings. The maximum absolute atomic E-state index is 12.4. The number of carboxylic acid groups (broad SMARTS) is 1. The quantitative estimate of drug-likeness (QED) is 0.0815. The Morgan fingerprint density at radius 3 is 2.49 bits per heavy atom. The summed E-state index contributed by atoms with van der Waals surface area (Å²) in [5.74, 6) is -0.494. The highest BCUT2D eigenvalue weighted by molar-refractivity contribution is 9.10. The number of nitrogens with one attached hydrogen (secondary N) is 3. The second kappa shape index (κ2) is 15.7. The molecule has 0 saturated heterocycles. The number of methoxy groups -OCH3 is 1. The molecule has 2 aromatic carbocycles. The summed E-state index contributed by atoms with van der Waals surface area (Å²) >= 11 is 3.35. The molecule has 43 heavy (non-hydrogen) atoms. The highest BCUT2D eigenvalue weighted by Crippen LogP contribution is 2.37. The van der Waals surface area contributed by atoms with E-state index in [1.165, 1.54) is 13.3 Å². The van der Waals surface area contributed by atoms with Crippen LogP contribution in [0, 0.1) is 0 Å². The molecule has 2 aromatic rings. The van der Waals surface area contributed by atoms with Crippen molar-refractivity contribution in [3.63, 3.8) is 0 Å². The minimum absolute atomic E-state index is 0.205. The van der Waals surface area contributed by atoms with E-state index in [4.69, 9.17) is 28.8 Å². The number of ether oxygens (including phenoxy) is 5. The number of esters is 1. The minimum atomic E-state index is -1.21. The molecule has 0 spiro atoms. The molecule has 14 nitrogen and oxygen atoms in total. The van der Waals surface area contributed by atoms with E-state index in [2.05, 4.69) is 37.1 Å². The molecule has 3 rings (SSSR count). The average molecular weight is 665 g/mol. The Bertz CT molecular complexity index is 1400. The van der Waals surface area contributed by atoms with Gasteiger partial charge in [-0.2, -0.15) is 5.10 Å². The van der Waals surface area contributed by atoms with Gasteiger partial charge in [-0.05, 0) is 72.1 Å². The SMILES string of the molecule is CCOc1cc([C@H]2NC(=O)NC(C)=C2C(=O)OC)ccc1OC[C@H](O)N/N=C\c1cc(Br)c(OCC(=O)O)c(OCC)c1. The Labute approximate surface area is 256 Å². The van der Waals surface area contributed by atoms with Gasteiger partial charge in [-0.15, -0.1) is 0 Å². The number of benzene rings is 2. The van der Waals surface area contributed by atoms with E-state index in [0.717, 1.165) is 0 Å². The van der Waals surface area contributed by atoms with E-state index in [0.29, 0.717) is 51.8 Å². The number of urea groups is 1. The molecule has 232 valence electrons. The van der Waals surface area contributed by atoms with Crippen molar-refractivity contribution in [1.29, 1.82) is 0 Å². The number of carbonyl (C=O) groups is 3. The van der Waals surface area contributed by atoms with Crippen molar-refractivity contribution in [2.45, 2.75) is 33.0 Å². The summed E-state index contributed by atoms with van der Waals surface area (Å²) in [5.41, 5.74) is 4.32. The number of carboxylic acids is 1. The van der Waals surface area contributed by atoms with Crippen LogP contribution in [-0.4, -0.2) is 74.2 Å². The second-order valence-corrected chi connectivity index (χ2v) is 9.71. The highest BCUT2D eigenvalue weighted by atomic mass is 79.9. The summed E-state index contributed by atoms with van der Waals surface area (Å²) in [5, 5.41) is 28.6. The van der Waals surface area contributed by atoms with Crippen LogP contribution in [0.15, 0.2) is 51.2 Å². The van der Waals surface area contributed by atoms with E-state index in [-0.39, 0.29) is 17.9 Å². The fourth-order valence-corrected chi connectivity index (χ4v) is 4.59. The van der Waals surface area contributed by atoms with Crippen molar-refractivity contribution in [3.8, 4) is 23.0 Å². The van der Waals surface area contributed by atoms with Crippen molar-refractivity contribution in [2.75, 3.05) is 33.5 Å². The molecule has 0 saturated carbocycles. The molecule has 0 aromatic heterocycles. The summed E-state index contributed by atoms with van der Waals surface area (Å²) in [4.78, 5) is 35.4. The van der Waals surface area contributed by atoms with Crippen molar-refractivity contribution < 1.29 is 48.3 Å². The monoisotopic (exact) mass is 664 g/mol. The third-order valence-electron chi connectivity index (χ3n) is 5.78. The van der Waals surface area contributed by atoms with Crippen LogP contribution in [0.4, 0.5) is 4.79 Å². The van der Waals surface area contributed by atoms with Crippen LogP contribution in [0.3, 0.4) is 0 Å². The molecule has 2 atom stereocenters. The number of nitrogens with zero attached hydrogens (tertiary/aromatic N) is 1. The molecule has 0 unspecified atom stereocenters. The first-order valence-electron chi connectivity index (χ1n) is 13.1. The molecule has 0 bridgehead atoms. The van der Waals surface area contributed by atoms with Crippen LogP contribution < -0.4 is 35.0 Å². The van der Waals surface area contributed by atoms with Crippen LogP contribution in [0.25, 0.3) is 0 Å². The smallest absolute Gasteiger partial charge is 0.341 e. The predicted octanol–water partition coefficient (Wildman–Crippen LogP) is 2.83. The number of amides is 2. The normalized spacial score (nSPS) is 15.3. The number of hydrogen-bond acceptors (Lipinski definition) is 11. The van der Waals surface area contributed by atoms with E-state index in [1.807, 2.05) is 0 Å². The molecule has 0 radical (unpaired) electrons. The zero-order valence-corrected chi connectivity index (χ0v) is 25.5. The molecule has 2 amide bonds. The zero-order valence-electron chi connectivity index (χ0n) is 23.9. The van der Waals surface area contributed by atoms with E-state index in [1.54, 1.807) is 51.1 Å². The molecule has 1 aliphatic heterocycles. The van der Waals surface area contributed by atoms with Gasteiger partial charge in [0.05, 0.1) is 42.6 Å². The summed E-state index contributed by atoms with van der Waals surface area (Å²) in [6, 6.07) is 6.93. The molecule has 1 aliphatic rings. The Balaban J connectivity index is 1.69. The van der Waals surface area contributed by atoms with Crippen LogP contribution in [-0.2, 0) is 14.3 Å². The van der Waals surface area contributed by atoms with Gasteiger partial charge in [0, 0.05) is 5.70 Å². The Kier molecular flexibility index (Phi) is 12.0. The second-order valence-electron chi connectivity index (χ2n) is 8.86. The number of rotatable bonds is 15. The molecule has 15 heteroatoms. The van der Waals surface area contributed by atoms with Gasteiger partial charge in [-0.1, -0.05) is 6.07 Å². The van der Waals surface area contributed by atoms with Gasteiger partial charge in [0.2, 0.25) is 0 Å². The van der Waals surface area contributed by atoms with E-state index >= 15 is 0 Å². The lowest BCUT2D eigenvalue weighted by Gasteiger charge is -2.28. The number of halogens is 1. The number of aliphatic hydroxyl groups is 1. The van der Waals surface area contributed by atoms with Gasteiger partial charge in [-0.3, -0.25) is 5.43 Å². The molecule has 5 N–H and O–H groups in total. The van der Waals surface area contributed by atoms with Crippen molar-refractivity contribution in [1.82, 2.24) is 16.1 Å². The summed E-state index contributed by atoms with van der Waals surface area (Å²) in [6.07, 6.45) is 0.221. The minimum Gasteiger partial charge on any atom is -0.490 e. The van der Waals surface area contributed by atoms with E-state index < -0.39 is 36.8 Å². The van der Waals surface area contributed by atoms with Gasteiger partial charge in [-0.25, -0.2) is 14.4 Å². The largest absolute Gasteiger partial charge is 0.490 e. The van der Waals surface area contributed by atoms with Crippen LogP contribution in [0.5, 0.6) is 23.0 Å². The first kappa shape index (κ1) is 33.0. The third kappa shape index (κ3) is 8.99. The lowest BCUT2D eigenvalue weighted by atomic mass is 9.95. The number of hydrogen-bond donors (Lipinski definition) is 5. The predicted molar refractivity (Wildman–Crippen MR) is 157 cm³/mol. The highest BCUT2D eigenvalue weighted by Gasteiger charge is 2.32. The fraction of sp³-hybridized carbons (Fsp3) is 0.357. The van der Waals surface area contributed by atoms with Crippen LogP contribution >= 0.6 is 15.9 Å². The third-order valence-corrected chi connectivity index (χ3v) is 6.37. The van der Waals surface area contributed by atoms with Crippen LogP contribution in [0.1, 0.15) is 37.9 Å². The Hall–Kier alpha value is -4.50. The molecule has 1 heterocycles. The van der Waals surface area contributed by atoms with Crippen LogP contribution in [0.2, 0.25) is 0 Å². The van der Waals surface area contributed by atoms with E-state index in [9.17, 15) is 19.5 Å². The van der Waals surface area contributed by atoms with Crippen molar-refractivity contribution in [3.05, 3.63) is 57.2 Å². The number of carbonyl (C=O) groups excluding carboxylic acids is 2. The van der Waals surface area contributed by atoms with Gasteiger partial charge in [0.15, 0.2) is 35.8 Å². The summed E-state index contributed by atoms with van der Waals surface area (Å²) in [7, 11) is 1.26. The number of allylic oxidation sites excluding steroid dienone is 1. The number of hydrazone groups is 1. The Morgan fingerprint density at radius 2 is 1.81 bits per heavy atom. The summed E-state index contributed by atoms with van der Waals surface area (Å²) in [6.45, 7) is 5.07. The average Bonchev–Trinajstić information content (AvgIpc) is 2.95. The maximum Gasteiger partial charge on any atom is 0.341 e. The maximum atomic E-state index is 12.4. The van der Waals surface area contributed by atoms with Gasteiger partial charge in [0.1, 0.15) is 6.61 Å². The first-order valence-corrected chi connectivity index (χ1v) is 13.9. The fourth-order valence-electron chi connectivity index (χ4n) is 4.02. The van der Waals surface area contributed by atoms with Gasteiger partial charge < -0.3 is 44.5 Å². The number of aliphatic carboxylic acids is 1. The number of aliphatic hydroxyl groups excluding tert-OH is 1. The van der Waals surface area contributed by atoms with Gasteiger partial charge >= 0.3 is 18.0 Å². The zero-order chi connectivity index (χ0) is 31.5. The first-order chi connectivity index (χ1) is 20.6. The summed E-state index contributed by atoms with van der Waals surface area (Å²) < 4.78 is 27.7. The Morgan fingerprint density at radius 1 is 1.09 bits per heavy atom. The molecule has 0 aliphatic carbocycles. The van der Waals surface area contributed by atoms with Crippen molar-refractivity contribution in [2.24, 2.45) is 5.10 Å².